The van der Waals surface area contributed by atoms with Crippen LogP contribution in [0.4, 0.5) is 11.4 Å². The predicted molar refractivity (Wildman–Crippen MR) is 112 cm³/mol. The van der Waals surface area contributed by atoms with Gasteiger partial charge in [-0.3, -0.25) is 4.79 Å². The first kappa shape index (κ1) is 22.3. The largest absolute Gasteiger partial charge is 0.495 e. The lowest BCUT2D eigenvalue weighted by Crippen LogP contribution is -2.14. The van der Waals surface area contributed by atoms with E-state index in [1.807, 2.05) is 32.0 Å². The molecule has 0 bridgehead atoms. The molecule has 0 atom stereocenters. The van der Waals surface area contributed by atoms with Gasteiger partial charge in [-0.05, 0) is 30.5 Å². The Balaban J connectivity index is 2.37. The fourth-order valence-electron chi connectivity index (χ4n) is 2.99. The number of rotatable bonds is 14. The Bertz CT molecular complexity index is 515. The van der Waals surface area contributed by atoms with Gasteiger partial charge in [-0.15, -0.1) is 0 Å². The first-order valence-corrected chi connectivity index (χ1v) is 10.3. The summed E-state index contributed by atoms with van der Waals surface area (Å²) >= 11 is 0. The monoisotopic (exact) mass is 362 g/mol. The lowest BCUT2D eigenvalue weighted by atomic mass is 10.1. The number of hydrogen-bond acceptors (Lipinski definition) is 3. The second kappa shape index (κ2) is 13.5. The molecule has 0 heterocycles. The van der Waals surface area contributed by atoms with Gasteiger partial charge in [-0.1, -0.05) is 65.7 Å². The molecule has 1 aromatic carbocycles. The molecule has 0 saturated heterocycles. The molecule has 0 aromatic heterocycles. The van der Waals surface area contributed by atoms with Crippen molar-refractivity contribution < 1.29 is 9.53 Å². The van der Waals surface area contributed by atoms with E-state index >= 15 is 0 Å². The number of ether oxygens (including phenoxy) is 1. The average molecular weight is 363 g/mol. The fourth-order valence-corrected chi connectivity index (χ4v) is 2.99. The summed E-state index contributed by atoms with van der Waals surface area (Å²) in [6, 6.07) is 5.75. The van der Waals surface area contributed by atoms with Crippen LogP contribution in [0, 0.1) is 5.92 Å². The summed E-state index contributed by atoms with van der Waals surface area (Å²) in [5.41, 5.74) is 1.76. The van der Waals surface area contributed by atoms with Crippen LogP contribution < -0.4 is 15.4 Å². The van der Waals surface area contributed by atoms with Gasteiger partial charge in [-0.2, -0.15) is 0 Å². The standard InChI is InChI=1S/C22H38N2O2/c1-5-6-7-8-9-10-11-12-15-23-20-17-19(13-14-21(20)26-4)24-22(25)16-18(2)3/h13-14,17-18,23H,5-12,15-16H2,1-4H3,(H,24,25). The molecule has 0 aliphatic rings. The van der Waals surface area contributed by atoms with Gasteiger partial charge in [0, 0.05) is 18.7 Å². The van der Waals surface area contributed by atoms with Crippen LogP contribution in [0.1, 0.15) is 78.6 Å². The van der Waals surface area contributed by atoms with E-state index in [9.17, 15) is 4.79 Å². The summed E-state index contributed by atoms with van der Waals surface area (Å²) in [4.78, 5) is 12.0. The van der Waals surface area contributed by atoms with Crippen LogP contribution in [0.25, 0.3) is 0 Å². The number of nitrogens with one attached hydrogen (secondary N) is 2. The number of hydrogen-bond donors (Lipinski definition) is 2. The van der Waals surface area contributed by atoms with E-state index in [0.29, 0.717) is 12.3 Å². The zero-order valence-corrected chi connectivity index (χ0v) is 17.2. The molecular weight excluding hydrogens is 324 g/mol. The van der Waals surface area contributed by atoms with Crippen molar-refractivity contribution in [2.75, 3.05) is 24.3 Å². The topological polar surface area (TPSA) is 50.4 Å². The number of carbonyl (C=O) groups excluding carboxylic acids is 1. The van der Waals surface area contributed by atoms with Crippen LogP contribution >= 0.6 is 0 Å². The van der Waals surface area contributed by atoms with Crippen LogP contribution in [0.3, 0.4) is 0 Å². The van der Waals surface area contributed by atoms with Crippen LogP contribution in [-0.2, 0) is 4.79 Å². The quantitative estimate of drug-likeness (QED) is 0.386. The highest BCUT2D eigenvalue weighted by Gasteiger charge is 2.08. The highest BCUT2D eigenvalue weighted by Crippen LogP contribution is 2.28. The maximum Gasteiger partial charge on any atom is 0.224 e. The van der Waals surface area contributed by atoms with Crippen LogP contribution in [-0.4, -0.2) is 19.6 Å². The molecular formula is C22H38N2O2. The molecule has 0 unspecified atom stereocenters. The van der Waals surface area contributed by atoms with Gasteiger partial charge in [0.25, 0.3) is 0 Å². The number of unbranched alkanes of at least 4 members (excludes halogenated alkanes) is 7. The summed E-state index contributed by atoms with van der Waals surface area (Å²) in [6.45, 7) is 7.27. The Morgan fingerprint density at radius 1 is 1.04 bits per heavy atom. The summed E-state index contributed by atoms with van der Waals surface area (Å²) in [5.74, 6) is 1.22. The van der Waals surface area contributed by atoms with Gasteiger partial charge in [-0.25, -0.2) is 0 Å². The molecule has 0 aliphatic carbocycles. The zero-order chi connectivity index (χ0) is 19.2. The van der Waals surface area contributed by atoms with Crippen LogP contribution in [0.5, 0.6) is 5.75 Å². The molecule has 4 nitrogen and oxygen atoms in total. The molecule has 1 rings (SSSR count). The number of amides is 1. The average Bonchev–Trinajstić information content (AvgIpc) is 2.59. The smallest absolute Gasteiger partial charge is 0.224 e. The highest BCUT2D eigenvalue weighted by atomic mass is 16.5. The predicted octanol–water partition coefficient (Wildman–Crippen LogP) is 6.23. The second-order valence-corrected chi connectivity index (χ2v) is 7.46. The first-order chi connectivity index (χ1) is 12.6. The summed E-state index contributed by atoms with van der Waals surface area (Å²) < 4.78 is 5.43. The minimum absolute atomic E-state index is 0.0548. The zero-order valence-electron chi connectivity index (χ0n) is 17.2. The van der Waals surface area contributed by atoms with E-state index in [4.69, 9.17) is 4.74 Å². The third-order valence-electron chi connectivity index (χ3n) is 4.42. The molecule has 1 amide bonds. The van der Waals surface area contributed by atoms with Crippen molar-refractivity contribution in [3.05, 3.63) is 18.2 Å². The van der Waals surface area contributed by atoms with Gasteiger partial charge < -0.3 is 15.4 Å². The number of methoxy groups -OCH3 is 1. The number of anilines is 2. The van der Waals surface area contributed by atoms with Gasteiger partial charge >= 0.3 is 0 Å². The molecule has 0 fully saturated rings. The summed E-state index contributed by atoms with van der Waals surface area (Å²) in [5, 5.41) is 6.42. The molecule has 4 heteroatoms. The van der Waals surface area contributed by atoms with E-state index < -0.39 is 0 Å². The molecule has 1 aromatic rings. The van der Waals surface area contributed by atoms with Crippen molar-refractivity contribution in [2.24, 2.45) is 5.92 Å². The third-order valence-corrected chi connectivity index (χ3v) is 4.42. The van der Waals surface area contributed by atoms with E-state index in [-0.39, 0.29) is 5.91 Å². The molecule has 0 spiro atoms. The van der Waals surface area contributed by atoms with Gasteiger partial charge in [0.1, 0.15) is 5.75 Å². The van der Waals surface area contributed by atoms with Gasteiger partial charge in [0.2, 0.25) is 5.91 Å². The van der Waals surface area contributed by atoms with Crippen molar-refractivity contribution in [3.8, 4) is 5.75 Å². The second-order valence-electron chi connectivity index (χ2n) is 7.46. The summed E-state index contributed by atoms with van der Waals surface area (Å²) in [6.07, 6.45) is 11.0. The Hall–Kier alpha value is -1.71. The highest BCUT2D eigenvalue weighted by molar-refractivity contribution is 5.91. The molecule has 148 valence electrons. The maximum atomic E-state index is 12.0. The Morgan fingerprint density at radius 2 is 1.69 bits per heavy atom. The van der Waals surface area contributed by atoms with E-state index in [1.165, 1.54) is 44.9 Å². The Kier molecular flexibility index (Phi) is 11.6. The van der Waals surface area contributed by atoms with E-state index in [0.717, 1.165) is 30.1 Å². The van der Waals surface area contributed by atoms with Crippen molar-refractivity contribution in [1.82, 2.24) is 0 Å². The van der Waals surface area contributed by atoms with Gasteiger partial charge in [0.05, 0.1) is 12.8 Å². The molecule has 2 N–H and O–H groups in total. The van der Waals surface area contributed by atoms with Crippen molar-refractivity contribution in [2.45, 2.75) is 78.6 Å². The van der Waals surface area contributed by atoms with Crippen LogP contribution in [0.15, 0.2) is 18.2 Å². The molecule has 26 heavy (non-hydrogen) atoms. The summed E-state index contributed by atoms with van der Waals surface area (Å²) in [7, 11) is 1.67. The number of carbonyl (C=O) groups is 1. The lowest BCUT2D eigenvalue weighted by Gasteiger charge is -2.14. The van der Waals surface area contributed by atoms with Gasteiger partial charge in [0.15, 0.2) is 0 Å². The Morgan fingerprint density at radius 3 is 2.31 bits per heavy atom. The van der Waals surface area contributed by atoms with Crippen LogP contribution in [0.2, 0.25) is 0 Å². The fraction of sp³-hybridized carbons (Fsp3) is 0.682. The lowest BCUT2D eigenvalue weighted by molar-refractivity contribution is -0.116. The Labute approximate surface area is 160 Å². The normalized spacial score (nSPS) is 10.8. The van der Waals surface area contributed by atoms with Crippen molar-refractivity contribution in [3.63, 3.8) is 0 Å². The molecule has 0 saturated carbocycles. The SMILES string of the molecule is CCCCCCCCCCNc1cc(NC(=O)CC(C)C)ccc1OC. The van der Waals surface area contributed by atoms with Crippen molar-refractivity contribution >= 4 is 17.3 Å². The molecule has 0 aliphatic heterocycles. The van der Waals surface area contributed by atoms with E-state index in [2.05, 4.69) is 17.6 Å². The number of benzene rings is 1. The first-order valence-electron chi connectivity index (χ1n) is 10.3. The molecule has 0 radical (unpaired) electrons. The third kappa shape index (κ3) is 9.69. The van der Waals surface area contributed by atoms with E-state index in [1.54, 1.807) is 7.11 Å². The minimum atomic E-state index is 0.0548. The minimum Gasteiger partial charge on any atom is -0.495 e. The van der Waals surface area contributed by atoms with Crippen molar-refractivity contribution in [1.29, 1.82) is 0 Å². The maximum absolute atomic E-state index is 12.0.